The maximum absolute atomic E-state index is 13.5. The summed E-state index contributed by atoms with van der Waals surface area (Å²) in [6.45, 7) is -0.183. The molecule has 1 heterocycles. The molecule has 1 saturated carbocycles. The van der Waals surface area contributed by atoms with Gasteiger partial charge in [0.05, 0.1) is 29.5 Å². The number of nitrogens with zero attached hydrogens (tertiary/aromatic N) is 4. The molecule has 1 aliphatic rings. The molecule has 1 aromatic heterocycles. The first-order chi connectivity index (χ1) is 14.7. The molecule has 0 bridgehead atoms. The summed E-state index contributed by atoms with van der Waals surface area (Å²) in [6, 6.07) is 9.10. The van der Waals surface area contributed by atoms with Crippen molar-refractivity contribution in [1.29, 1.82) is 5.26 Å². The maximum atomic E-state index is 13.5. The van der Waals surface area contributed by atoms with Crippen molar-refractivity contribution in [2.45, 2.75) is 37.6 Å². The zero-order chi connectivity index (χ0) is 22.8. The number of rotatable bonds is 6. The van der Waals surface area contributed by atoms with E-state index in [9.17, 15) is 23.1 Å². The number of halogens is 3. The summed E-state index contributed by atoms with van der Waals surface area (Å²) in [5.41, 5.74) is -0.487. The molecule has 0 aliphatic heterocycles. The summed E-state index contributed by atoms with van der Waals surface area (Å²) in [4.78, 5) is 19.8. The van der Waals surface area contributed by atoms with Crippen molar-refractivity contribution in [3.63, 3.8) is 0 Å². The number of carbonyl (C=O) groups excluding carboxylic acids is 1. The topological polar surface area (TPSA) is 80.5 Å². The lowest BCUT2D eigenvalue weighted by Crippen LogP contribution is -2.63. The average Bonchev–Trinajstić information content (AvgIpc) is 2.74. The standard InChI is InChI=1S/C21H19F3N4O2S/c1-27(16-9-17(21(22,23)24)18(10-25)26-11-16)19(30)20(6-3-7-20)28(13-31)15-5-2-4-14(8-15)12-29/h2,4-5,8-9,11,13,29H,3,6-7,12H2,1H3. The van der Waals surface area contributed by atoms with Crippen LogP contribution in [0.3, 0.4) is 0 Å². The molecule has 0 atom stereocenters. The molecule has 0 spiro atoms. The van der Waals surface area contributed by atoms with Crippen molar-refractivity contribution in [2.75, 3.05) is 16.8 Å². The third-order valence-electron chi connectivity index (χ3n) is 5.49. The molecule has 0 radical (unpaired) electrons. The second-order valence-electron chi connectivity index (χ2n) is 7.25. The zero-order valence-electron chi connectivity index (χ0n) is 16.6. The lowest BCUT2D eigenvalue weighted by Gasteiger charge is -2.49. The van der Waals surface area contributed by atoms with Gasteiger partial charge in [-0.05, 0) is 43.0 Å². The number of benzene rings is 1. The Balaban J connectivity index is 2.00. The van der Waals surface area contributed by atoms with Crippen molar-refractivity contribution >= 4 is 35.0 Å². The zero-order valence-corrected chi connectivity index (χ0v) is 17.4. The Labute approximate surface area is 182 Å². The molecule has 162 valence electrons. The van der Waals surface area contributed by atoms with Crippen LogP contribution in [0.5, 0.6) is 0 Å². The summed E-state index contributed by atoms with van der Waals surface area (Å²) < 4.78 is 40.0. The molecule has 1 aliphatic carbocycles. The van der Waals surface area contributed by atoms with E-state index in [1.807, 2.05) is 0 Å². The number of aliphatic hydroxyl groups is 1. The second-order valence-corrected chi connectivity index (χ2v) is 7.46. The average molecular weight is 448 g/mol. The molecule has 2 aromatic rings. The number of anilines is 2. The Morgan fingerprint density at radius 2 is 2.06 bits per heavy atom. The highest BCUT2D eigenvalue weighted by Gasteiger charge is 2.50. The summed E-state index contributed by atoms with van der Waals surface area (Å²) in [6.07, 6.45) is -2.03. The Bertz CT molecular complexity index is 1050. The number of amides is 1. The van der Waals surface area contributed by atoms with Gasteiger partial charge in [0.2, 0.25) is 0 Å². The lowest BCUT2D eigenvalue weighted by molar-refractivity contribution is -0.138. The van der Waals surface area contributed by atoms with E-state index in [2.05, 4.69) is 4.98 Å². The van der Waals surface area contributed by atoms with E-state index in [1.165, 1.54) is 18.6 Å². The molecule has 31 heavy (non-hydrogen) atoms. The predicted molar refractivity (Wildman–Crippen MR) is 112 cm³/mol. The van der Waals surface area contributed by atoms with Gasteiger partial charge in [-0.15, -0.1) is 0 Å². The van der Waals surface area contributed by atoms with Gasteiger partial charge in [0.1, 0.15) is 11.6 Å². The number of thiocarbonyl (C=S) groups is 1. The minimum Gasteiger partial charge on any atom is -0.392 e. The van der Waals surface area contributed by atoms with E-state index < -0.39 is 28.9 Å². The van der Waals surface area contributed by atoms with Gasteiger partial charge in [0.25, 0.3) is 5.91 Å². The number of aromatic nitrogens is 1. The van der Waals surface area contributed by atoms with Crippen molar-refractivity contribution in [3.8, 4) is 6.07 Å². The maximum Gasteiger partial charge on any atom is 0.419 e. The predicted octanol–water partition coefficient (Wildman–Crippen LogP) is 3.81. The van der Waals surface area contributed by atoms with Gasteiger partial charge < -0.3 is 14.9 Å². The normalized spacial score (nSPS) is 14.8. The van der Waals surface area contributed by atoms with Crippen LogP contribution in [0.15, 0.2) is 36.5 Å². The fraction of sp³-hybridized carbons (Fsp3) is 0.333. The van der Waals surface area contributed by atoms with Crippen LogP contribution in [-0.4, -0.2) is 34.1 Å². The Kier molecular flexibility index (Phi) is 6.29. The minimum atomic E-state index is -4.78. The largest absolute Gasteiger partial charge is 0.419 e. The number of nitriles is 1. The third kappa shape index (κ3) is 4.11. The molecule has 1 N–H and O–H groups in total. The van der Waals surface area contributed by atoms with E-state index >= 15 is 0 Å². The molecular weight excluding hydrogens is 429 g/mol. The van der Waals surface area contributed by atoms with E-state index in [0.717, 1.165) is 23.6 Å². The molecule has 0 saturated heterocycles. The first-order valence-corrected chi connectivity index (χ1v) is 9.85. The molecule has 1 fully saturated rings. The Morgan fingerprint density at radius 1 is 1.35 bits per heavy atom. The number of pyridine rings is 1. The van der Waals surface area contributed by atoms with E-state index in [4.69, 9.17) is 17.5 Å². The van der Waals surface area contributed by atoms with Gasteiger partial charge in [0, 0.05) is 12.7 Å². The number of hydrogen-bond acceptors (Lipinski definition) is 5. The number of alkyl halides is 3. The molecule has 0 unspecified atom stereocenters. The van der Waals surface area contributed by atoms with Crippen LogP contribution < -0.4 is 9.80 Å². The van der Waals surface area contributed by atoms with Crippen LogP contribution in [0.2, 0.25) is 0 Å². The highest BCUT2D eigenvalue weighted by molar-refractivity contribution is 7.79. The van der Waals surface area contributed by atoms with Crippen LogP contribution in [0.25, 0.3) is 0 Å². The van der Waals surface area contributed by atoms with Gasteiger partial charge in [-0.2, -0.15) is 18.4 Å². The second kappa shape index (κ2) is 8.61. The Morgan fingerprint density at radius 3 is 2.58 bits per heavy atom. The molecule has 1 amide bonds. The minimum absolute atomic E-state index is 0.0731. The number of aliphatic hydroxyl groups excluding tert-OH is 1. The van der Waals surface area contributed by atoms with Crippen LogP contribution in [0.1, 0.15) is 36.1 Å². The van der Waals surface area contributed by atoms with Crippen molar-refractivity contribution in [3.05, 3.63) is 53.3 Å². The van der Waals surface area contributed by atoms with Crippen molar-refractivity contribution < 1.29 is 23.1 Å². The van der Waals surface area contributed by atoms with E-state index in [0.29, 0.717) is 24.1 Å². The summed E-state index contributed by atoms with van der Waals surface area (Å²) in [5, 5.41) is 18.4. The smallest absolute Gasteiger partial charge is 0.392 e. The number of hydrogen-bond donors (Lipinski definition) is 1. The van der Waals surface area contributed by atoms with Gasteiger partial charge in [-0.25, -0.2) is 4.98 Å². The quantitative estimate of drug-likeness (QED) is 0.677. The van der Waals surface area contributed by atoms with Gasteiger partial charge >= 0.3 is 6.18 Å². The molecule has 10 heteroatoms. The van der Waals surface area contributed by atoms with Crippen LogP contribution in [0, 0.1) is 11.3 Å². The van der Waals surface area contributed by atoms with Crippen molar-refractivity contribution in [1.82, 2.24) is 4.98 Å². The number of carbonyl (C=O) groups is 1. The van der Waals surface area contributed by atoms with Crippen LogP contribution >= 0.6 is 12.2 Å². The Hall–Kier alpha value is -3.03. The SMILES string of the molecule is CN(C(=O)C1(N(C=S)c2cccc(CO)c2)CCC1)c1cnc(C#N)c(C(F)(F)F)c1. The molecule has 3 rings (SSSR count). The first-order valence-electron chi connectivity index (χ1n) is 9.38. The highest BCUT2D eigenvalue weighted by Crippen LogP contribution is 2.42. The van der Waals surface area contributed by atoms with Gasteiger partial charge in [0.15, 0.2) is 5.69 Å². The summed E-state index contributed by atoms with van der Waals surface area (Å²) in [7, 11) is 1.37. The number of likely N-dealkylation sites (N-methyl/N-ethyl adjacent to an activating group) is 1. The van der Waals surface area contributed by atoms with Crippen LogP contribution in [0.4, 0.5) is 24.5 Å². The molecular formula is C21H19F3N4O2S. The van der Waals surface area contributed by atoms with Gasteiger partial charge in [-0.3, -0.25) is 4.79 Å². The van der Waals surface area contributed by atoms with E-state index in [1.54, 1.807) is 29.2 Å². The lowest BCUT2D eigenvalue weighted by atomic mass is 9.74. The fourth-order valence-corrected chi connectivity index (χ4v) is 3.98. The molecule has 6 nitrogen and oxygen atoms in total. The van der Waals surface area contributed by atoms with Gasteiger partial charge in [-0.1, -0.05) is 24.4 Å². The summed E-state index contributed by atoms with van der Waals surface area (Å²) >= 11 is 5.18. The van der Waals surface area contributed by atoms with Crippen molar-refractivity contribution in [2.24, 2.45) is 0 Å². The summed E-state index contributed by atoms with van der Waals surface area (Å²) in [5.74, 6) is -0.436. The first kappa shape index (κ1) is 22.7. The van der Waals surface area contributed by atoms with E-state index in [-0.39, 0.29) is 12.3 Å². The monoisotopic (exact) mass is 448 g/mol. The highest BCUT2D eigenvalue weighted by atomic mass is 32.1. The fourth-order valence-electron chi connectivity index (χ4n) is 3.65. The molecule has 1 aromatic carbocycles. The third-order valence-corrected chi connectivity index (χ3v) is 5.70. The van der Waals surface area contributed by atoms with Crippen LogP contribution in [-0.2, 0) is 17.6 Å².